The number of amides is 1. The first-order valence-electron chi connectivity index (χ1n) is 7.21. The third-order valence-corrected chi connectivity index (χ3v) is 4.15. The van der Waals surface area contributed by atoms with Crippen LogP contribution in [0.4, 0.5) is 13.2 Å². The van der Waals surface area contributed by atoms with Crippen LogP contribution < -0.4 is 5.32 Å². The minimum absolute atomic E-state index is 0.0130. The maximum absolute atomic E-state index is 12.5. The first-order chi connectivity index (χ1) is 9.47. The predicted molar refractivity (Wildman–Crippen MR) is 70.2 cm³/mol. The monoisotopic (exact) mass is 290 g/mol. The van der Waals surface area contributed by atoms with Gasteiger partial charge >= 0.3 is 6.18 Å². The lowest BCUT2D eigenvalue weighted by Crippen LogP contribution is -2.37. The molecule has 1 saturated heterocycles. The molecule has 0 radical (unpaired) electrons. The Balaban J connectivity index is 1.75. The number of nitrogens with one attached hydrogen (secondary N) is 1. The molecule has 2 aliphatic rings. The molecule has 114 valence electrons. The lowest BCUT2D eigenvalue weighted by Gasteiger charge is -2.28. The van der Waals surface area contributed by atoms with Crippen LogP contribution >= 0.6 is 0 Å². The maximum atomic E-state index is 12.5. The zero-order valence-electron chi connectivity index (χ0n) is 11.5. The van der Waals surface area contributed by atoms with Crippen LogP contribution in [0.25, 0.3) is 0 Å². The molecule has 2 aliphatic heterocycles. The largest absolute Gasteiger partial charge is 0.412 e. The van der Waals surface area contributed by atoms with Crippen LogP contribution in [-0.2, 0) is 4.79 Å². The molecule has 6 heteroatoms. The van der Waals surface area contributed by atoms with Gasteiger partial charge in [0.05, 0.1) is 0 Å². The lowest BCUT2D eigenvalue weighted by atomic mass is 9.93. The van der Waals surface area contributed by atoms with Gasteiger partial charge in [0.1, 0.15) is 0 Å². The Morgan fingerprint density at radius 3 is 2.60 bits per heavy atom. The van der Waals surface area contributed by atoms with Crippen LogP contribution in [0.1, 0.15) is 32.1 Å². The van der Waals surface area contributed by atoms with Crippen molar-refractivity contribution in [2.45, 2.75) is 38.3 Å². The van der Waals surface area contributed by atoms with Crippen LogP contribution in [-0.4, -0.2) is 43.2 Å². The average molecular weight is 290 g/mol. The number of hydrogen-bond donors (Lipinski definition) is 1. The molecule has 2 rings (SSSR count). The molecule has 2 heterocycles. The SMILES string of the molecule is O=C(CCC1CCNCC1)N1CC=C(C(F)(F)F)CC1. The van der Waals surface area contributed by atoms with E-state index in [-0.39, 0.29) is 25.4 Å². The summed E-state index contributed by atoms with van der Waals surface area (Å²) in [6, 6.07) is 0. The Bertz CT molecular complexity index is 373. The standard InChI is InChI=1S/C14H21F3N2O/c15-14(16,17)12-5-9-19(10-6-12)13(20)2-1-11-3-7-18-8-4-11/h5,11,18H,1-4,6-10H2. The Hall–Kier alpha value is -1.04. The number of carbonyl (C=O) groups excluding carboxylic acids is 1. The van der Waals surface area contributed by atoms with Gasteiger partial charge in [0.2, 0.25) is 5.91 Å². The molecule has 1 N–H and O–H groups in total. The normalized spacial score (nSPS) is 21.8. The van der Waals surface area contributed by atoms with E-state index < -0.39 is 11.7 Å². The fourth-order valence-electron chi connectivity index (χ4n) is 2.81. The quantitative estimate of drug-likeness (QED) is 0.810. The molecule has 0 atom stereocenters. The molecule has 20 heavy (non-hydrogen) atoms. The molecular formula is C14H21F3N2O. The second kappa shape index (κ2) is 6.61. The second-order valence-electron chi connectivity index (χ2n) is 5.55. The van der Waals surface area contributed by atoms with Crippen molar-refractivity contribution in [3.8, 4) is 0 Å². The maximum Gasteiger partial charge on any atom is 0.412 e. The highest BCUT2D eigenvalue weighted by Crippen LogP contribution is 2.30. The van der Waals surface area contributed by atoms with Gasteiger partial charge in [0, 0.05) is 25.1 Å². The third-order valence-electron chi connectivity index (χ3n) is 4.15. The van der Waals surface area contributed by atoms with Crippen molar-refractivity contribution >= 4 is 5.91 Å². The number of alkyl halides is 3. The summed E-state index contributed by atoms with van der Waals surface area (Å²) in [6.07, 6.45) is 0.308. The molecule has 0 saturated carbocycles. The molecule has 0 aromatic rings. The zero-order valence-corrected chi connectivity index (χ0v) is 11.5. The summed E-state index contributed by atoms with van der Waals surface area (Å²) < 4.78 is 37.4. The van der Waals surface area contributed by atoms with E-state index in [1.54, 1.807) is 0 Å². The number of nitrogens with zero attached hydrogens (tertiary/aromatic N) is 1. The van der Waals surface area contributed by atoms with Crippen molar-refractivity contribution in [1.82, 2.24) is 10.2 Å². The lowest BCUT2D eigenvalue weighted by molar-refractivity contribution is -0.132. The van der Waals surface area contributed by atoms with Crippen LogP contribution in [0.2, 0.25) is 0 Å². The van der Waals surface area contributed by atoms with E-state index in [0.717, 1.165) is 38.4 Å². The summed E-state index contributed by atoms with van der Waals surface area (Å²) in [5.41, 5.74) is -0.500. The van der Waals surface area contributed by atoms with Crippen molar-refractivity contribution in [1.29, 1.82) is 0 Å². The van der Waals surface area contributed by atoms with E-state index in [1.807, 2.05) is 0 Å². The smallest absolute Gasteiger partial charge is 0.339 e. The fraction of sp³-hybridized carbons (Fsp3) is 0.786. The molecule has 0 aliphatic carbocycles. The molecule has 0 bridgehead atoms. The predicted octanol–water partition coefficient (Wildman–Crippen LogP) is 2.49. The van der Waals surface area contributed by atoms with E-state index in [1.165, 1.54) is 4.90 Å². The Morgan fingerprint density at radius 1 is 1.35 bits per heavy atom. The van der Waals surface area contributed by atoms with Crippen molar-refractivity contribution in [3.63, 3.8) is 0 Å². The highest BCUT2D eigenvalue weighted by atomic mass is 19.4. The fourth-order valence-corrected chi connectivity index (χ4v) is 2.81. The van der Waals surface area contributed by atoms with Gasteiger partial charge in [0.25, 0.3) is 0 Å². The number of piperidine rings is 1. The Morgan fingerprint density at radius 2 is 2.05 bits per heavy atom. The van der Waals surface area contributed by atoms with Crippen molar-refractivity contribution < 1.29 is 18.0 Å². The zero-order chi connectivity index (χ0) is 14.6. The van der Waals surface area contributed by atoms with Crippen LogP contribution in [0.3, 0.4) is 0 Å². The first-order valence-corrected chi connectivity index (χ1v) is 7.21. The Labute approximate surface area is 117 Å². The molecule has 1 amide bonds. The number of rotatable bonds is 3. The first kappa shape index (κ1) is 15.4. The van der Waals surface area contributed by atoms with Gasteiger partial charge in [-0.3, -0.25) is 4.79 Å². The van der Waals surface area contributed by atoms with E-state index in [4.69, 9.17) is 0 Å². The van der Waals surface area contributed by atoms with Crippen LogP contribution in [0.5, 0.6) is 0 Å². The summed E-state index contributed by atoms with van der Waals surface area (Å²) in [4.78, 5) is 13.5. The number of carbonyl (C=O) groups is 1. The summed E-state index contributed by atoms with van der Waals surface area (Å²) in [5, 5.41) is 3.28. The molecule has 1 fully saturated rings. The average Bonchev–Trinajstić information content (AvgIpc) is 2.45. The van der Waals surface area contributed by atoms with Crippen molar-refractivity contribution in [2.75, 3.05) is 26.2 Å². The van der Waals surface area contributed by atoms with Crippen LogP contribution in [0.15, 0.2) is 11.6 Å². The number of halogens is 3. The second-order valence-corrected chi connectivity index (χ2v) is 5.55. The topological polar surface area (TPSA) is 32.3 Å². The molecule has 0 aromatic carbocycles. The molecule has 0 unspecified atom stereocenters. The van der Waals surface area contributed by atoms with E-state index in [0.29, 0.717) is 12.3 Å². The third kappa shape index (κ3) is 4.23. The summed E-state index contributed by atoms with van der Waals surface area (Å²) in [6.45, 7) is 2.29. The molecule has 0 spiro atoms. The van der Waals surface area contributed by atoms with Gasteiger partial charge in [-0.15, -0.1) is 0 Å². The van der Waals surface area contributed by atoms with Gasteiger partial charge in [-0.2, -0.15) is 13.2 Å². The van der Waals surface area contributed by atoms with Crippen molar-refractivity contribution in [3.05, 3.63) is 11.6 Å². The van der Waals surface area contributed by atoms with Gasteiger partial charge in [-0.1, -0.05) is 6.08 Å². The minimum atomic E-state index is -4.25. The molecular weight excluding hydrogens is 269 g/mol. The minimum Gasteiger partial charge on any atom is -0.339 e. The van der Waals surface area contributed by atoms with Gasteiger partial charge in [-0.25, -0.2) is 0 Å². The molecule has 0 aromatic heterocycles. The van der Waals surface area contributed by atoms with Gasteiger partial charge in [-0.05, 0) is 44.7 Å². The van der Waals surface area contributed by atoms with Crippen molar-refractivity contribution in [2.24, 2.45) is 5.92 Å². The van der Waals surface area contributed by atoms with Gasteiger partial charge in [0.15, 0.2) is 0 Å². The highest BCUT2D eigenvalue weighted by molar-refractivity contribution is 5.76. The summed E-state index contributed by atoms with van der Waals surface area (Å²) in [5.74, 6) is 0.562. The summed E-state index contributed by atoms with van der Waals surface area (Å²) >= 11 is 0. The highest BCUT2D eigenvalue weighted by Gasteiger charge is 2.35. The van der Waals surface area contributed by atoms with E-state index in [9.17, 15) is 18.0 Å². The van der Waals surface area contributed by atoms with E-state index >= 15 is 0 Å². The summed E-state index contributed by atoms with van der Waals surface area (Å²) in [7, 11) is 0. The Kier molecular flexibility index (Phi) is 5.07. The van der Waals surface area contributed by atoms with Gasteiger partial charge < -0.3 is 10.2 Å². The number of hydrogen-bond acceptors (Lipinski definition) is 2. The van der Waals surface area contributed by atoms with E-state index in [2.05, 4.69) is 5.32 Å². The van der Waals surface area contributed by atoms with Crippen LogP contribution in [0, 0.1) is 5.92 Å². The molecule has 3 nitrogen and oxygen atoms in total.